The zero-order valence-corrected chi connectivity index (χ0v) is 37.6. The maximum absolute atomic E-state index is 14.1. The van der Waals surface area contributed by atoms with Gasteiger partial charge < -0.3 is 73.1 Å². The van der Waals surface area contributed by atoms with Crippen molar-refractivity contribution in [2.24, 2.45) is 5.92 Å². The number of thioether (sulfide) groups is 1. The lowest BCUT2D eigenvalue weighted by Crippen LogP contribution is -2.64. The van der Waals surface area contributed by atoms with E-state index < -0.39 is 84.3 Å². The number of halogens is 1. The number of rotatable bonds is 15. The van der Waals surface area contributed by atoms with E-state index in [0.29, 0.717) is 22.2 Å². The molecular weight excluding hydrogens is 899 g/mol. The van der Waals surface area contributed by atoms with E-state index in [1.165, 1.54) is 21.3 Å². The summed E-state index contributed by atoms with van der Waals surface area (Å²) < 4.78 is 59.1. The molecule has 4 heterocycles. The van der Waals surface area contributed by atoms with Crippen molar-refractivity contribution in [1.82, 2.24) is 10.8 Å². The van der Waals surface area contributed by atoms with Crippen LogP contribution in [-0.2, 0) is 38.0 Å². The Morgan fingerprint density at radius 2 is 1.57 bits per heavy atom. The lowest BCUT2D eigenvalue weighted by molar-refractivity contribution is -0.325. The number of likely N-dealkylation sites (N-methyl/N-ethyl adjacent to an activating group) is 1. The molecule has 4 fully saturated rings. The fraction of sp³-hybridized carbons (Fsp3) is 0.816. The fourth-order valence-electron chi connectivity index (χ4n) is 7.89. The zero-order valence-electron chi connectivity index (χ0n) is 34.6. The average Bonchev–Trinajstić information content (AvgIpc) is 3.18. The number of carbonyl (C=O) groups excluding carboxylic acids is 1. The quantitative estimate of drug-likeness (QED) is 0.109. The van der Waals surface area contributed by atoms with Crippen LogP contribution >= 0.6 is 34.4 Å². The van der Waals surface area contributed by atoms with E-state index in [1.807, 2.05) is 20.8 Å². The first kappa shape index (κ1) is 47.9. The number of methoxy groups -OCH3 is 4. The number of nitrogens with one attached hydrogen (secondary N) is 2. The van der Waals surface area contributed by atoms with Crippen molar-refractivity contribution in [3.05, 3.63) is 14.7 Å². The number of aliphatic hydroxyl groups excluding tert-OH is 4. The Balaban J connectivity index is 1.22. The van der Waals surface area contributed by atoms with Gasteiger partial charge in [-0.25, -0.2) is 0 Å². The first-order valence-electron chi connectivity index (χ1n) is 19.6. The van der Waals surface area contributed by atoms with E-state index in [2.05, 4.69) is 33.4 Å². The molecule has 0 amide bonds. The van der Waals surface area contributed by atoms with Crippen molar-refractivity contribution < 1.29 is 77.4 Å². The molecule has 0 saturated carbocycles. The minimum absolute atomic E-state index is 0.0167. The van der Waals surface area contributed by atoms with Gasteiger partial charge >= 0.3 is 0 Å². The van der Waals surface area contributed by atoms with Crippen LogP contribution in [0, 0.1) is 16.4 Å². The average molecular weight is 961 g/mol. The molecule has 5 rings (SSSR count). The molecule has 1 aromatic carbocycles. The van der Waals surface area contributed by atoms with Crippen LogP contribution in [-0.4, -0.2) is 165 Å². The van der Waals surface area contributed by atoms with Crippen LogP contribution in [0.25, 0.3) is 0 Å². The largest absolute Gasteiger partial charge is 0.492 e. The molecular formula is C38H61IN2O16S. The summed E-state index contributed by atoms with van der Waals surface area (Å²) in [5.74, 6) is 0.395. The number of ether oxygens (including phenoxy) is 10. The van der Waals surface area contributed by atoms with E-state index in [4.69, 9.17) is 52.2 Å². The molecule has 0 aromatic heterocycles. The summed E-state index contributed by atoms with van der Waals surface area (Å²) in [5, 5.41) is 46.6. The first-order valence-corrected chi connectivity index (χ1v) is 21.5. The number of aliphatic hydroxyl groups is 4. The van der Waals surface area contributed by atoms with Gasteiger partial charge in [0.2, 0.25) is 17.2 Å². The van der Waals surface area contributed by atoms with Gasteiger partial charge in [0.15, 0.2) is 30.4 Å². The molecule has 1 aromatic rings. The number of benzene rings is 1. The molecule has 17 atom stereocenters. The van der Waals surface area contributed by atoms with Gasteiger partial charge in [-0.1, -0.05) is 25.6 Å². The molecule has 58 heavy (non-hydrogen) atoms. The molecule has 4 aliphatic rings. The second kappa shape index (κ2) is 21.3. The Labute approximate surface area is 357 Å². The summed E-state index contributed by atoms with van der Waals surface area (Å²) in [6, 6.07) is -0.891. The molecule has 6 N–H and O–H groups in total. The van der Waals surface area contributed by atoms with Gasteiger partial charge in [0, 0.05) is 33.0 Å². The third-order valence-corrected chi connectivity index (χ3v) is 14.1. The Kier molecular flexibility index (Phi) is 17.5. The highest BCUT2D eigenvalue weighted by Crippen LogP contribution is 2.49. The summed E-state index contributed by atoms with van der Waals surface area (Å²) in [7, 11) is 5.97. The van der Waals surface area contributed by atoms with Crippen molar-refractivity contribution >= 4 is 39.5 Å². The summed E-state index contributed by atoms with van der Waals surface area (Å²) >= 11 is 2.95. The number of hydrogen-bond donors (Lipinski definition) is 6. The highest BCUT2D eigenvalue weighted by molar-refractivity contribution is 14.1. The minimum atomic E-state index is -1.44. The Hall–Kier alpha value is -1.19. The van der Waals surface area contributed by atoms with E-state index >= 15 is 0 Å². The van der Waals surface area contributed by atoms with Crippen LogP contribution < -0.4 is 25.0 Å². The molecule has 4 saturated heterocycles. The standard InChI is InChI=1S/C38H61IN2O16S/c1-11-40-20-14-51-23(13-22(20)47-7)55-33-28(43)27(18(5)53-36(33)45)41-57-24-12-21(42)35(19(6)52-24)58-37(46)25-16(3)26(39)32(34(50-10)31(25)49-9)56-38-29(44)30(48-8)15(2)17(4)54-38/h15,17-24,27-30,33,35-36,38,40-45H,11-14H2,1-10H3/t15-,17-,18+,19+,20-,21-,22-,23-,24-,27+,28-,29+,30+,33+,35+,36+,38-/m0/s1. The van der Waals surface area contributed by atoms with Crippen LogP contribution in [0.2, 0.25) is 0 Å². The number of carbonyl (C=O) groups is 1. The molecule has 0 radical (unpaired) electrons. The SMILES string of the molecule is CCN[C@H]1CO[C@@H](O[C@@H]2[C@@H](O)[C@H](NO[C@H]3C[C@H](O)[C@H](SC(=O)c4c(C)c(I)c(O[C@@H]5O[C@@H](C)[C@H](C)[C@@H](OC)[C@H]5O)c(OC)c4OC)[C@@H](C)O3)[C@@H](C)O[C@H]2O)C[C@@H]1OC. The van der Waals surface area contributed by atoms with Crippen molar-refractivity contribution in [1.29, 1.82) is 0 Å². The van der Waals surface area contributed by atoms with Gasteiger partial charge in [0.1, 0.15) is 18.3 Å². The zero-order chi connectivity index (χ0) is 42.6. The molecule has 0 aliphatic carbocycles. The monoisotopic (exact) mass is 960 g/mol. The predicted octanol–water partition coefficient (Wildman–Crippen LogP) is 1.60. The molecule has 0 spiro atoms. The van der Waals surface area contributed by atoms with Crippen LogP contribution in [0.4, 0.5) is 0 Å². The minimum Gasteiger partial charge on any atom is -0.492 e. The van der Waals surface area contributed by atoms with Gasteiger partial charge in [-0.15, -0.1) is 0 Å². The van der Waals surface area contributed by atoms with Gasteiger partial charge in [0.25, 0.3) is 0 Å². The summed E-state index contributed by atoms with van der Waals surface area (Å²) in [5.41, 5.74) is 3.56. The lowest BCUT2D eigenvalue weighted by Gasteiger charge is -2.44. The van der Waals surface area contributed by atoms with Crippen LogP contribution in [0.15, 0.2) is 0 Å². The van der Waals surface area contributed by atoms with Crippen LogP contribution in [0.3, 0.4) is 0 Å². The Morgan fingerprint density at radius 1 is 0.862 bits per heavy atom. The van der Waals surface area contributed by atoms with E-state index in [0.717, 1.165) is 18.3 Å². The molecule has 4 aliphatic heterocycles. The third-order valence-electron chi connectivity index (χ3n) is 11.4. The molecule has 18 nitrogen and oxygen atoms in total. The molecule has 0 unspecified atom stereocenters. The van der Waals surface area contributed by atoms with E-state index in [-0.39, 0.29) is 53.4 Å². The topological polar surface area (TPSA) is 224 Å². The normalized spacial score (nSPS) is 39.6. The smallest absolute Gasteiger partial charge is 0.229 e. The third kappa shape index (κ3) is 10.4. The summed E-state index contributed by atoms with van der Waals surface area (Å²) in [4.78, 5) is 20.0. The van der Waals surface area contributed by atoms with E-state index in [1.54, 1.807) is 27.9 Å². The molecule has 20 heteroatoms. The van der Waals surface area contributed by atoms with Crippen molar-refractivity contribution in [3.8, 4) is 17.2 Å². The highest BCUT2D eigenvalue weighted by Gasteiger charge is 2.48. The summed E-state index contributed by atoms with van der Waals surface area (Å²) in [6.45, 7) is 12.0. The van der Waals surface area contributed by atoms with Gasteiger partial charge in [-0.3, -0.25) is 9.63 Å². The maximum Gasteiger partial charge on any atom is 0.229 e. The number of hydrogen-bond acceptors (Lipinski definition) is 19. The highest BCUT2D eigenvalue weighted by atomic mass is 127. The van der Waals surface area contributed by atoms with Crippen molar-refractivity contribution in [2.45, 2.75) is 152 Å². The van der Waals surface area contributed by atoms with Gasteiger partial charge in [-0.2, -0.15) is 5.48 Å². The summed E-state index contributed by atoms with van der Waals surface area (Å²) in [6.07, 6.45) is -10.9. The fourth-order valence-corrected chi connectivity index (χ4v) is 9.66. The maximum atomic E-state index is 14.1. The molecule has 332 valence electrons. The van der Waals surface area contributed by atoms with Crippen molar-refractivity contribution in [3.63, 3.8) is 0 Å². The van der Waals surface area contributed by atoms with Gasteiger partial charge in [0.05, 0.1) is 83.9 Å². The second-order valence-corrected chi connectivity index (χ2v) is 17.3. The Morgan fingerprint density at radius 3 is 2.19 bits per heavy atom. The Bertz CT molecular complexity index is 1510. The number of hydroxylamine groups is 1. The van der Waals surface area contributed by atoms with Crippen LogP contribution in [0.1, 0.15) is 63.4 Å². The lowest BCUT2D eigenvalue weighted by atomic mass is 9.91. The predicted molar refractivity (Wildman–Crippen MR) is 217 cm³/mol. The van der Waals surface area contributed by atoms with E-state index in [9.17, 15) is 25.2 Å². The second-order valence-electron chi connectivity index (χ2n) is 15.1. The van der Waals surface area contributed by atoms with Gasteiger partial charge in [-0.05, 0) is 62.4 Å². The first-order chi connectivity index (χ1) is 27.6. The van der Waals surface area contributed by atoms with Crippen molar-refractivity contribution in [2.75, 3.05) is 41.6 Å². The molecule has 0 bridgehead atoms. The van der Waals surface area contributed by atoms with Crippen LogP contribution in [0.5, 0.6) is 17.2 Å².